The Kier molecular flexibility index (Phi) is 8.63. The maximum atomic E-state index is 12.9. The Morgan fingerprint density at radius 2 is 1.67 bits per heavy atom. The van der Waals surface area contributed by atoms with Crippen molar-refractivity contribution in [2.45, 2.75) is 26.4 Å². The number of nitrogens with one attached hydrogen (secondary N) is 2. The zero-order valence-corrected chi connectivity index (χ0v) is 22.2. The number of carbonyl (C=O) groups excluding carboxylic acids is 3. The zero-order valence-electron chi connectivity index (χ0n) is 21.5. The summed E-state index contributed by atoms with van der Waals surface area (Å²) in [4.78, 5) is 37.2. The Morgan fingerprint density at radius 1 is 0.974 bits per heavy atom. The van der Waals surface area contributed by atoms with E-state index in [0.29, 0.717) is 50.1 Å². The van der Waals surface area contributed by atoms with Gasteiger partial charge in [0.15, 0.2) is 5.76 Å². The largest absolute Gasteiger partial charge is 0.469 e. The SMILES string of the molecule is COC(=O)Cc1ccccc1NC(=O)c1ccc(-c2onc(C)c2NC(=O)OC(C)c2ccccc2Cl)cc1. The van der Waals surface area contributed by atoms with E-state index >= 15 is 0 Å². The molecule has 3 aromatic carbocycles. The van der Waals surface area contributed by atoms with Crippen LogP contribution < -0.4 is 10.6 Å². The number of anilines is 2. The first-order valence-electron chi connectivity index (χ1n) is 12.0. The summed E-state index contributed by atoms with van der Waals surface area (Å²) in [5.41, 5.74) is 3.60. The number of hydrogen-bond acceptors (Lipinski definition) is 7. The van der Waals surface area contributed by atoms with Crippen molar-refractivity contribution in [1.29, 1.82) is 0 Å². The second-order valence-corrected chi connectivity index (χ2v) is 9.01. The molecule has 39 heavy (non-hydrogen) atoms. The van der Waals surface area contributed by atoms with Gasteiger partial charge in [-0.05, 0) is 43.7 Å². The van der Waals surface area contributed by atoms with Gasteiger partial charge in [-0.3, -0.25) is 14.9 Å². The van der Waals surface area contributed by atoms with Crippen LogP contribution in [0.3, 0.4) is 0 Å². The van der Waals surface area contributed by atoms with Crippen molar-refractivity contribution in [2.75, 3.05) is 17.7 Å². The third-order valence-corrected chi connectivity index (χ3v) is 6.30. The van der Waals surface area contributed by atoms with Crippen LogP contribution >= 0.6 is 11.6 Å². The average Bonchev–Trinajstić information content (AvgIpc) is 3.29. The number of aromatic nitrogens is 1. The normalized spacial score (nSPS) is 11.4. The molecule has 1 atom stereocenters. The van der Waals surface area contributed by atoms with Gasteiger partial charge in [-0.25, -0.2) is 4.79 Å². The summed E-state index contributed by atoms with van der Waals surface area (Å²) in [7, 11) is 1.31. The Morgan fingerprint density at radius 3 is 2.38 bits per heavy atom. The molecule has 0 saturated heterocycles. The molecule has 0 spiro atoms. The van der Waals surface area contributed by atoms with Crippen LogP contribution in [0.15, 0.2) is 77.3 Å². The number of ether oxygens (including phenoxy) is 2. The molecule has 200 valence electrons. The average molecular weight is 548 g/mol. The van der Waals surface area contributed by atoms with Crippen LogP contribution in [0.5, 0.6) is 0 Å². The number of esters is 1. The van der Waals surface area contributed by atoms with Crippen LogP contribution in [0.25, 0.3) is 11.3 Å². The van der Waals surface area contributed by atoms with E-state index in [4.69, 9.17) is 25.6 Å². The molecule has 0 saturated carbocycles. The highest BCUT2D eigenvalue weighted by atomic mass is 35.5. The molecule has 0 fully saturated rings. The van der Waals surface area contributed by atoms with Crippen molar-refractivity contribution in [1.82, 2.24) is 5.16 Å². The summed E-state index contributed by atoms with van der Waals surface area (Å²) in [5.74, 6) is -0.455. The standard InChI is InChI=1S/C29H26ClN3O6/c1-17-26(32-29(36)38-18(2)22-9-5-6-10-23(22)30)27(39-33-17)19-12-14-20(15-13-19)28(35)31-24-11-7-4-8-21(24)16-25(34)37-3/h4-15,18H,16H2,1-3H3,(H,31,35)(H,32,36). The number of hydrogen-bond donors (Lipinski definition) is 2. The third kappa shape index (κ3) is 6.63. The smallest absolute Gasteiger partial charge is 0.412 e. The number of rotatable bonds is 8. The molecule has 0 aliphatic heterocycles. The molecule has 9 nitrogen and oxygen atoms in total. The van der Waals surface area contributed by atoms with E-state index in [1.165, 1.54) is 7.11 Å². The second kappa shape index (κ2) is 12.3. The lowest BCUT2D eigenvalue weighted by Gasteiger charge is -2.15. The van der Waals surface area contributed by atoms with Crippen LogP contribution in [-0.4, -0.2) is 30.2 Å². The van der Waals surface area contributed by atoms with Crippen molar-refractivity contribution in [3.63, 3.8) is 0 Å². The fraction of sp³-hybridized carbons (Fsp3) is 0.172. The van der Waals surface area contributed by atoms with Crippen LogP contribution in [0.1, 0.15) is 40.2 Å². The third-order valence-electron chi connectivity index (χ3n) is 5.95. The molecular weight excluding hydrogens is 522 g/mol. The maximum absolute atomic E-state index is 12.9. The number of para-hydroxylation sites is 1. The minimum atomic E-state index is -0.698. The maximum Gasteiger partial charge on any atom is 0.412 e. The Hall–Kier alpha value is -4.63. The summed E-state index contributed by atoms with van der Waals surface area (Å²) in [6.45, 7) is 3.41. The van der Waals surface area contributed by atoms with E-state index in [1.807, 2.05) is 6.07 Å². The highest BCUT2D eigenvalue weighted by Crippen LogP contribution is 2.32. The van der Waals surface area contributed by atoms with E-state index in [1.54, 1.807) is 80.6 Å². The van der Waals surface area contributed by atoms with E-state index in [9.17, 15) is 14.4 Å². The van der Waals surface area contributed by atoms with Gasteiger partial charge in [-0.15, -0.1) is 0 Å². The van der Waals surface area contributed by atoms with E-state index in [-0.39, 0.29) is 12.3 Å². The minimum Gasteiger partial charge on any atom is -0.469 e. The molecule has 0 radical (unpaired) electrons. The number of nitrogens with zero attached hydrogens (tertiary/aromatic N) is 1. The number of benzene rings is 3. The first kappa shape index (κ1) is 27.4. The van der Waals surface area contributed by atoms with Gasteiger partial charge in [-0.1, -0.05) is 65.3 Å². The van der Waals surface area contributed by atoms with Gasteiger partial charge in [0, 0.05) is 27.4 Å². The Balaban J connectivity index is 1.46. The quantitative estimate of drug-likeness (QED) is 0.239. The van der Waals surface area contributed by atoms with Crippen molar-refractivity contribution in [3.8, 4) is 11.3 Å². The summed E-state index contributed by atoms with van der Waals surface area (Å²) in [5, 5.41) is 9.99. The van der Waals surface area contributed by atoms with E-state index < -0.39 is 18.2 Å². The van der Waals surface area contributed by atoms with Gasteiger partial charge in [0.25, 0.3) is 5.91 Å². The molecule has 2 N–H and O–H groups in total. The number of methoxy groups -OCH3 is 1. The van der Waals surface area contributed by atoms with E-state index in [0.717, 1.165) is 0 Å². The topological polar surface area (TPSA) is 120 Å². The van der Waals surface area contributed by atoms with Gasteiger partial charge in [-0.2, -0.15) is 0 Å². The summed E-state index contributed by atoms with van der Waals surface area (Å²) in [6, 6.07) is 20.7. The highest BCUT2D eigenvalue weighted by molar-refractivity contribution is 6.31. The molecule has 4 aromatic rings. The lowest BCUT2D eigenvalue weighted by atomic mass is 10.1. The van der Waals surface area contributed by atoms with Crippen molar-refractivity contribution < 1.29 is 28.4 Å². The minimum absolute atomic E-state index is 0.0338. The number of amides is 2. The molecule has 1 unspecified atom stereocenters. The van der Waals surface area contributed by atoms with Crippen LogP contribution in [-0.2, 0) is 20.7 Å². The monoisotopic (exact) mass is 547 g/mol. The van der Waals surface area contributed by atoms with Gasteiger partial charge in [0.05, 0.1) is 13.5 Å². The van der Waals surface area contributed by atoms with Gasteiger partial charge in [0.2, 0.25) is 0 Å². The van der Waals surface area contributed by atoms with Crippen molar-refractivity contribution in [2.24, 2.45) is 0 Å². The predicted molar refractivity (Wildman–Crippen MR) is 147 cm³/mol. The van der Waals surface area contributed by atoms with Crippen LogP contribution in [0.4, 0.5) is 16.2 Å². The lowest BCUT2D eigenvalue weighted by molar-refractivity contribution is -0.139. The molecule has 0 aliphatic carbocycles. The Bertz CT molecular complexity index is 1500. The summed E-state index contributed by atoms with van der Waals surface area (Å²) < 4.78 is 15.7. The molecule has 4 rings (SSSR count). The fourth-order valence-electron chi connectivity index (χ4n) is 3.87. The van der Waals surface area contributed by atoms with Crippen molar-refractivity contribution in [3.05, 3.63) is 100 Å². The first-order chi connectivity index (χ1) is 18.8. The zero-order chi connectivity index (χ0) is 27.9. The molecule has 0 bridgehead atoms. The lowest BCUT2D eigenvalue weighted by Crippen LogP contribution is -2.17. The molecule has 10 heteroatoms. The van der Waals surface area contributed by atoms with Crippen LogP contribution in [0.2, 0.25) is 5.02 Å². The fourth-order valence-corrected chi connectivity index (χ4v) is 4.16. The second-order valence-electron chi connectivity index (χ2n) is 8.61. The van der Waals surface area contributed by atoms with Crippen LogP contribution in [0, 0.1) is 6.92 Å². The first-order valence-corrected chi connectivity index (χ1v) is 12.4. The summed E-state index contributed by atoms with van der Waals surface area (Å²) in [6.07, 6.45) is -1.25. The number of carbonyl (C=O) groups is 3. The van der Waals surface area contributed by atoms with Gasteiger partial charge < -0.3 is 19.3 Å². The molecule has 0 aliphatic rings. The predicted octanol–water partition coefficient (Wildman–Crippen LogP) is 6.58. The van der Waals surface area contributed by atoms with Crippen molar-refractivity contribution >= 4 is 40.9 Å². The highest BCUT2D eigenvalue weighted by Gasteiger charge is 2.21. The molecule has 1 aromatic heterocycles. The Labute approximate surface area is 230 Å². The molecular formula is C29H26ClN3O6. The number of aryl methyl sites for hydroxylation is 1. The molecule has 1 heterocycles. The summed E-state index contributed by atoms with van der Waals surface area (Å²) >= 11 is 6.21. The molecule has 2 amide bonds. The number of halogens is 1. The van der Waals surface area contributed by atoms with E-state index in [2.05, 4.69) is 15.8 Å². The van der Waals surface area contributed by atoms with Gasteiger partial charge in [0.1, 0.15) is 17.5 Å². The van der Waals surface area contributed by atoms with Gasteiger partial charge >= 0.3 is 12.1 Å².